The molecule has 1 aliphatic carbocycles. The van der Waals surface area contributed by atoms with E-state index in [1.165, 1.54) is 7.11 Å². The molecule has 2 aliphatic rings. The molecular weight excluding hydrogens is 184 g/mol. The minimum Gasteiger partial charge on any atom is -0.467 e. The molecule has 1 heterocycles. The molecule has 1 unspecified atom stereocenters. The number of piperazine rings is 1. The van der Waals surface area contributed by atoms with E-state index in [-0.39, 0.29) is 11.9 Å². The smallest absolute Gasteiger partial charge is 0.329 e. The summed E-state index contributed by atoms with van der Waals surface area (Å²) in [4.78, 5) is 24.6. The number of esters is 1. The molecule has 0 spiro atoms. The molecule has 14 heavy (non-hydrogen) atoms. The van der Waals surface area contributed by atoms with Crippen molar-refractivity contribution in [2.45, 2.75) is 24.9 Å². The second-order valence-electron chi connectivity index (χ2n) is 3.80. The van der Waals surface area contributed by atoms with Crippen LogP contribution in [0.3, 0.4) is 0 Å². The molecule has 1 saturated carbocycles. The molecule has 1 aliphatic heterocycles. The number of ether oxygens (including phenoxy) is 1. The maximum absolute atomic E-state index is 11.3. The average Bonchev–Trinajstić information content (AvgIpc) is 2.98. The summed E-state index contributed by atoms with van der Waals surface area (Å²) in [5.41, 5.74) is 0. The highest BCUT2D eigenvalue weighted by molar-refractivity contribution is 5.87. The van der Waals surface area contributed by atoms with Crippen LogP contribution in [0.5, 0.6) is 0 Å². The van der Waals surface area contributed by atoms with Gasteiger partial charge in [-0.1, -0.05) is 0 Å². The Morgan fingerprint density at radius 3 is 2.86 bits per heavy atom. The maximum Gasteiger partial charge on any atom is 0.329 e. The number of hydrogen-bond acceptors (Lipinski definition) is 4. The molecule has 0 aromatic rings. The van der Waals surface area contributed by atoms with Crippen molar-refractivity contribution >= 4 is 11.9 Å². The number of rotatable bonds is 2. The van der Waals surface area contributed by atoms with E-state index < -0.39 is 6.04 Å². The summed E-state index contributed by atoms with van der Waals surface area (Å²) >= 11 is 0. The van der Waals surface area contributed by atoms with E-state index >= 15 is 0 Å². The van der Waals surface area contributed by atoms with Gasteiger partial charge in [-0.2, -0.15) is 0 Å². The van der Waals surface area contributed by atoms with Crippen molar-refractivity contribution < 1.29 is 14.3 Å². The van der Waals surface area contributed by atoms with Crippen LogP contribution in [-0.2, 0) is 14.3 Å². The van der Waals surface area contributed by atoms with Gasteiger partial charge in [0.15, 0.2) is 0 Å². The lowest BCUT2D eigenvalue weighted by atomic mass is 10.2. The van der Waals surface area contributed by atoms with Gasteiger partial charge in [0.05, 0.1) is 13.7 Å². The molecule has 1 amide bonds. The number of carbonyl (C=O) groups is 2. The van der Waals surface area contributed by atoms with E-state index in [0.717, 1.165) is 12.8 Å². The van der Waals surface area contributed by atoms with Crippen molar-refractivity contribution in [3.8, 4) is 0 Å². The van der Waals surface area contributed by atoms with Gasteiger partial charge in [-0.3, -0.25) is 9.69 Å². The quantitative estimate of drug-likeness (QED) is 0.585. The molecule has 5 heteroatoms. The van der Waals surface area contributed by atoms with Crippen LogP contribution in [0.15, 0.2) is 0 Å². The lowest BCUT2D eigenvalue weighted by molar-refractivity contribution is -0.147. The molecule has 0 aromatic heterocycles. The summed E-state index contributed by atoms with van der Waals surface area (Å²) in [6.07, 6.45) is 2.28. The summed E-state index contributed by atoms with van der Waals surface area (Å²) < 4.78 is 4.61. The fourth-order valence-corrected chi connectivity index (χ4v) is 1.76. The van der Waals surface area contributed by atoms with Gasteiger partial charge in [-0.05, 0) is 12.8 Å². The van der Waals surface area contributed by atoms with Gasteiger partial charge in [0, 0.05) is 12.6 Å². The normalized spacial score (nSPS) is 28.4. The second-order valence-corrected chi connectivity index (χ2v) is 3.80. The van der Waals surface area contributed by atoms with E-state index in [0.29, 0.717) is 19.1 Å². The van der Waals surface area contributed by atoms with Gasteiger partial charge in [-0.15, -0.1) is 0 Å². The van der Waals surface area contributed by atoms with Gasteiger partial charge in [0.1, 0.15) is 6.04 Å². The zero-order chi connectivity index (χ0) is 10.1. The fraction of sp³-hybridized carbons (Fsp3) is 0.778. The second kappa shape index (κ2) is 3.57. The molecule has 2 rings (SSSR count). The molecule has 5 nitrogen and oxygen atoms in total. The van der Waals surface area contributed by atoms with Crippen LogP contribution in [0, 0.1) is 0 Å². The number of amides is 1. The summed E-state index contributed by atoms with van der Waals surface area (Å²) in [6, 6.07) is 0.0232. The highest BCUT2D eigenvalue weighted by Crippen LogP contribution is 2.27. The molecule has 78 valence electrons. The van der Waals surface area contributed by atoms with Crippen molar-refractivity contribution in [2.75, 3.05) is 20.2 Å². The topological polar surface area (TPSA) is 58.6 Å². The van der Waals surface area contributed by atoms with Crippen molar-refractivity contribution in [2.24, 2.45) is 0 Å². The monoisotopic (exact) mass is 198 g/mol. The standard InChI is InChI=1S/C9H14N2O3/c1-14-9(13)7-4-11(6-2-3-6)5-8(12)10-7/h6-7H,2-5H2,1H3,(H,10,12). The van der Waals surface area contributed by atoms with Gasteiger partial charge in [0.25, 0.3) is 0 Å². The Morgan fingerprint density at radius 2 is 2.29 bits per heavy atom. The highest BCUT2D eigenvalue weighted by Gasteiger charge is 2.37. The molecule has 2 fully saturated rings. The molecular formula is C9H14N2O3. The zero-order valence-electron chi connectivity index (χ0n) is 8.16. The average molecular weight is 198 g/mol. The Bertz CT molecular complexity index is 263. The molecule has 0 bridgehead atoms. The minimum atomic E-state index is -0.484. The first kappa shape index (κ1) is 9.45. The van der Waals surface area contributed by atoms with Crippen molar-refractivity contribution in [1.29, 1.82) is 0 Å². The Labute approximate surface area is 82.4 Å². The van der Waals surface area contributed by atoms with Crippen molar-refractivity contribution in [1.82, 2.24) is 10.2 Å². The summed E-state index contributed by atoms with van der Waals surface area (Å²) in [5.74, 6) is -0.442. The molecule has 0 radical (unpaired) electrons. The van der Waals surface area contributed by atoms with Crippen LogP contribution in [0.2, 0.25) is 0 Å². The molecule has 1 saturated heterocycles. The number of carbonyl (C=O) groups excluding carboxylic acids is 2. The Balaban J connectivity index is 1.98. The summed E-state index contributed by atoms with van der Waals surface area (Å²) in [7, 11) is 1.34. The lowest BCUT2D eigenvalue weighted by Gasteiger charge is -2.31. The third-order valence-corrected chi connectivity index (χ3v) is 2.65. The van der Waals surface area contributed by atoms with Gasteiger partial charge < -0.3 is 10.1 Å². The Hall–Kier alpha value is -1.10. The molecule has 0 aromatic carbocycles. The fourth-order valence-electron chi connectivity index (χ4n) is 1.76. The number of nitrogens with one attached hydrogen (secondary N) is 1. The zero-order valence-corrected chi connectivity index (χ0v) is 8.16. The van der Waals surface area contributed by atoms with Crippen LogP contribution in [0.1, 0.15) is 12.8 Å². The predicted molar refractivity (Wildman–Crippen MR) is 48.5 cm³/mol. The SMILES string of the molecule is COC(=O)C1CN(C2CC2)CC(=O)N1. The van der Waals surface area contributed by atoms with Crippen LogP contribution in [0.4, 0.5) is 0 Å². The third-order valence-electron chi connectivity index (χ3n) is 2.65. The molecule has 1 atom stereocenters. The lowest BCUT2D eigenvalue weighted by Crippen LogP contribution is -2.57. The third kappa shape index (κ3) is 1.87. The van der Waals surface area contributed by atoms with Gasteiger partial charge in [0.2, 0.25) is 5.91 Å². The summed E-state index contributed by atoms with van der Waals surface area (Å²) in [5, 5.41) is 2.62. The van der Waals surface area contributed by atoms with Crippen LogP contribution in [0.25, 0.3) is 0 Å². The first-order valence-electron chi connectivity index (χ1n) is 4.82. The minimum absolute atomic E-state index is 0.0847. The predicted octanol–water partition coefficient (Wildman–Crippen LogP) is -0.878. The number of nitrogens with zero attached hydrogens (tertiary/aromatic N) is 1. The highest BCUT2D eigenvalue weighted by atomic mass is 16.5. The maximum atomic E-state index is 11.3. The van der Waals surface area contributed by atoms with Crippen molar-refractivity contribution in [3.63, 3.8) is 0 Å². The summed E-state index contributed by atoms with van der Waals surface area (Å²) in [6.45, 7) is 1.00. The number of methoxy groups -OCH3 is 1. The Morgan fingerprint density at radius 1 is 1.57 bits per heavy atom. The van der Waals surface area contributed by atoms with E-state index in [1.54, 1.807) is 0 Å². The molecule has 1 N–H and O–H groups in total. The van der Waals surface area contributed by atoms with E-state index in [4.69, 9.17) is 0 Å². The van der Waals surface area contributed by atoms with Crippen LogP contribution in [-0.4, -0.2) is 49.1 Å². The first-order chi connectivity index (χ1) is 6.70. The van der Waals surface area contributed by atoms with E-state index in [1.807, 2.05) is 0 Å². The Kier molecular flexibility index (Phi) is 2.41. The van der Waals surface area contributed by atoms with Crippen molar-refractivity contribution in [3.05, 3.63) is 0 Å². The van der Waals surface area contributed by atoms with Gasteiger partial charge >= 0.3 is 5.97 Å². The van der Waals surface area contributed by atoms with Gasteiger partial charge in [-0.25, -0.2) is 4.79 Å². The van der Waals surface area contributed by atoms with E-state index in [2.05, 4.69) is 15.0 Å². The van der Waals surface area contributed by atoms with Crippen LogP contribution >= 0.6 is 0 Å². The first-order valence-corrected chi connectivity index (χ1v) is 4.82. The van der Waals surface area contributed by atoms with Crippen LogP contribution < -0.4 is 5.32 Å². The number of hydrogen-bond donors (Lipinski definition) is 1. The largest absolute Gasteiger partial charge is 0.467 e. The van der Waals surface area contributed by atoms with E-state index in [9.17, 15) is 9.59 Å².